The summed E-state index contributed by atoms with van der Waals surface area (Å²) in [5, 5.41) is 3.50. The van der Waals surface area contributed by atoms with Crippen LogP contribution in [-0.2, 0) is 4.74 Å². The van der Waals surface area contributed by atoms with Crippen molar-refractivity contribution in [1.82, 2.24) is 5.32 Å². The summed E-state index contributed by atoms with van der Waals surface area (Å²) >= 11 is 0. The Morgan fingerprint density at radius 1 is 1.46 bits per heavy atom. The molecule has 70 valence electrons. The molecule has 3 atom stereocenters. The quantitative estimate of drug-likeness (QED) is 0.601. The van der Waals surface area contributed by atoms with Crippen LogP contribution in [-0.4, -0.2) is 25.3 Å². The van der Waals surface area contributed by atoms with Gasteiger partial charge in [0.1, 0.15) is 0 Å². The molecule has 2 aliphatic carbocycles. The first-order valence-electron chi connectivity index (χ1n) is 5.18. The minimum atomic E-state index is 0.425. The van der Waals surface area contributed by atoms with Gasteiger partial charge < -0.3 is 10.1 Å². The molecule has 1 saturated heterocycles. The van der Waals surface area contributed by atoms with Crippen LogP contribution in [0.1, 0.15) is 12.8 Å². The third-order valence-corrected chi connectivity index (χ3v) is 3.30. The highest BCUT2D eigenvalue weighted by atomic mass is 16.5. The molecule has 1 N–H and O–H groups in total. The molecule has 3 aliphatic rings. The van der Waals surface area contributed by atoms with Crippen LogP contribution in [0.4, 0.5) is 0 Å². The molecule has 0 radical (unpaired) electrons. The maximum Gasteiger partial charge on any atom is 0.0832 e. The second-order valence-electron chi connectivity index (χ2n) is 4.07. The molecule has 0 amide bonds. The Hall–Kier alpha value is -0.600. The van der Waals surface area contributed by atoms with Gasteiger partial charge in [-0.15, -0.1) is 0 Å². The number of hydrogen-bond acceptors (Lipinski definition) is 2. The first kappa shape index (κ1) is 7.77. The summed E-state index contributed by atoms with van der Waals surface area (Å²) in [5.74, 6) is 0.669. The van der Waals surface area contributed by atoms with Crippen LogP contribution in [0.3, 0.4) is 0 Å². The molecule has 2 heteroatoms. The number of nitrogens with one attached hydrogen (secondary N) is 1. The van der Waals surface area contributed by atoms with E-state index in [4.69, 9.17) is 4.74 Å². The van der Waals surface area contributed by atoms with Gasteiger partial charge in [0.2, 0.25) is 0 Å². The summed E-state index contributed by atoms with van der Waals surface area (Å²) in [6.45, 7) is 1.88. The Labute approximate surface area is 78.7 Å². The van der Waals surface area contributed by atoms with Gasteiger partial charge >= 0.3 is 0 Å². The zero-order valence-corrected chi connectivity index (χ0v) is 7.70. The highest BCUT2D eigenvalue weighted by molar-refractivity contribution is 5.34. The molecule has 0 aromatic heterocycles. The van der Waals surface area contributed by atoms with E-state index >= 15 is 0 Å². The van der Waals surface area contributed by atoms with E-state index in [2.05, 4.69) is 23.5 Å². The molecule has 0 saturated carbocycles. The first-order chi connectivity index (χ1) is 6.45. The Bertz CT molecular complexity index is 269. The summed E-state index contributed by atoms with van der Waals surface area (Å²) in [6, 6.07) is 0.483. The van der Waals surface area contributed by atoms with Crippen molar-refractivity contribution >= 4 is 0 Å². The topological polar surface area (TPSA) is 21.3 Å². The van der Waals surface area contributed by atoms with Gasteiger partial charge in [0.25, 0.3) is 0 Å². The molecule has 0 aromatic rings. The maximum atomic E-state index is 5.82. The fourth-order valence-electron chi connectivity index (χ4n) is 2.69. The number of hydrogen-bond donors (Lipinski definition) is 1. The average molecular weight is 177 g/mol. The van der Waals surface area contributed by atoms with E-state index in [0.717, 1.165) is 13.2 Å². The molecule has 2 nitrogen and oxygen atoms in total. The predicted octanol–water partition coefficient (Wildman–Crippen LogP) is 1.25. The minimum Gasteiger partial charge on any atom is -0.374 e. The van der Waals surface area contributed by atoms with E-state index in [9.17, 15) is 0 Å². The minimum absolute atomic E-state index is 0.425. The van der Waals surface area contributed by atoms with Crippen LogP contribution in [0.5, 0.6) is 0 Å². The predicted molar refractivity (Wildman–Crippen MR) is 51.5 cm³/mol. The largest absolute Gasteiger partial charge is 0.374 e. The standard InChI is InChI=1S/C11H15NO/c1-2-4-9-8(3-1)7-10-11(9)13-6-5-12-10/h1,3,7,9-12H,2,4-6H2/t9-,10+,11?/m1/s1. The van der Waals surface area contributed by atoms with Crippen LogP contribution < -0.4 is 5.32 Å². The average Bonchev–Trinajstić information content (AvgIpc) is 2.56. The van der Waals surface area contributed by atoms with Crippen molar-refractivity contribution in [2.75, 3.05) is 13.2 Å². The van der Waals surface area contributed by atoms with Gasteiger partial charge in [0.15, 0.2) is 0 Å². The van der Waals surface area contributed by atoms with Crippen molar-refractivity contribution in [1.29, 1.82) is 0 Å². The highest BCUT2D eigenvalue weighted by Gasteiger charge is 2.38. The van der Waals surface area contributed by atoms with E-state index in [1.54, 1.807) is 0 Å². The lowest BCUT2D eigenvalue weighted by molar-refractivity contribution is -0.0111. The van der Waals surface area contributed by atoms with E-state index in [1.807, 2.05) is 0 Å². The van der Waals surface area contributed by atoms with Crippen LogP contribution >= 0.6 is 0 Å². The summed E-state index contributed by atoms with van der Waals surface area (Å²) in [6.07, 6.45) is 9.81. The maximum absolute atomic E-state index is 5.82. The highest BCUT2D eigenvalue weighted by Crippen LogP contribution is 2.37. The summed E-state index contributed by atoms with van der Waals surface area (Å²) in [5.41, 5.74) is 1.50. The molecule has 1 fully saturated rings. The lowest BCUT2D eigenvalue weighted by Gasteiger charge is -2.32. The van der Waals surface area contributed by atoms with E-state index < -0.39 is 0 Å². The number of ether oxygens (including phenoxy) is 1. The van der Waals surface area contributed by atoms with Gasteiger partial charge in [-0.2, -0.15) is 0 Å². The summed E-state index contributed by atoms with van der Waals surface area (Å²) in [4.78, 5) is 0. The van der Waals surface area contributed by atoms with Gasteiger partial charge in [-0.05, 0) is 18.4 Å². The monoisotopic (exact) mass is 177 g/mol. The lowest BCUT2D eigenvalue weighted by atomic mass is 9.88. The number of rotatable bonds is 0. The Morgan fingerprint density at radius 2 is 2.46 bits per heavy atom. The Balaban J connectivity index is 1.89. The fourth-order valence-corrected chi connectivity index (χ4v) is 2.69. The van der Waals surface area contributed by atoms with E-state index in [1.165, 1.54) is 18.4 Å². The molecule has 13 heavy (non-hydrogen) atoms. The lowest BCUT2D eigenvalue weighted by Crippen LogP contribution is -2.47. The van der Waals surface area contributed by atoms with Crippen molar-refractivity contribution < 1.29 is 4.74 Å². The summed E-state index contributed by atoms with van der Waals surface area (Å²) < 4.78 is 5.82. The molecule has 0 bridgehead atoms. The molecule has 1 unspecified atom stereocenters. The Kier molecular flexibility index (Phi) is 1.77. The van der Waals surface area contributed by atoms with Crippen LogP contribution in [0.2, 0.25) is 0 Å². The molecular formula is C11H15NO. The van der Waals surface area contributed by atoms with Crippen molar-refractivity contribution in [3.63, 3.8) is 0 Å². The van der Waals surface area contributed by atoms with Gasteiger partial charge in [-0.3, -0.25) is 0 Å². The molecule has 1 aliphatic heterocycles. The van der Waals surface area contributed by atoms with Crippen molar-refractivity contribution in [3.05, 3.63) is 23.8 Å². The van der Waals surface area contributed by atoms with Gasteiger partial charge in [0.05, 0.1) is 18.8 Å². The van der Waals surface area contributed by atoms with Crippen LogP contribution in [0.25, 0.3) is 0 Å². The van der Waals surface area contributed by atoms with Crippen LogP contribution in [0, 0.1) is 5.92 Å². The van der Waals surface area contributed by atoms with Crippen molar-refractivity contribution in [2.45, 2.75) is 25.0 Å². The van der Waals surface area contributed by atoms with Crippen LogP contribution in [0.15, 0.2) is 23.8 Å². The van der Waals surface area contributed by atoms with Gasteiger partial charge in [-0.1, -0.05) is 18.2 Å². The van der Waals surface area contributed by atoms with E-state index in [0.29, 0.717) is 18.1 Å². The number of fused-ring (bicyclic) bond motifs is 3. The van der Waals surface area contributed by atoms with Crippen molar-refractivity contribution in [3.8, 4) is 0 Å². The number of morpholine rings is 1. The Morgan fingerprint density at radius 3 is 3.46 bits per heavy atom. The molecule has 0 spiro atoms. The third kappa shape index (κ3) is 1.17. The third-order valence-electron chi connectivity index (χ3n) is 3.30. The molecule has 0 aromatic carbocycles. The fraction of sp³-hybridized carbons (Fsp3) is 0.636. The van der Waals surface area contributed by atoms with Gasteiger partial charge in [-0.25, -0.2) is 0 Å². The smallest absolute Gasteiger partial charge is 0.0832 e. The zero-order valence-electron chi connectivity index (χ0n) is 7.70. The summed E-state index contributed by atoms with van der Waals surface area (Å²) in [7, 11) is 0. The zero-order chi connectivity index (χ0) is 8.67. The molecule has 1 heterocycles. The molecule has 3 rings (SSSR count). The molecular weight excluding hydrogens is 162 g/mol. The van der Waals surface area contributed by atoms with Crippen molar-refractivity contribution in [2.24, 2.45) is 5.92 Å². The van der Waals surface area contributed by atoms with E-state index in [-0.39, 0.29) is 0 Å². The first-order valence-corrected chi connectivity index (χ1v) is 5.18. The number of allylic oxidation sites excluding steroid dienone is 2. The van der Waals surface area contributed by atoms with Gasteiger partial charge in [0, 0.05) is 12.5 Å². The SMILES string of the molecule is C1=CC2=C[C@@H]3NCCOC3[C@@H]2CC1. The second kappa shape index (κ2) is 2.96. The second-order valence-corrected chi connectivity index (χ2v) is 4.07. The normalized spacial score (nSPS) is 42.5.